The predicted molar refractivity (Wildman–Crippen MR) is 77.2 cm³/mol. The highest BCUT2D eigenvalue weighted by Gasteiger charge is 2.28. The minimum absolute atomic E-state index is 0.0335. The normalized spacial score (nSPS) is 20.9. The van der Waals surface area contributed by atoms with Gasteiger partial charge in [-0.3, -0.25) is 4.79 Å². The minimum atomic E-state index is -2.97. The van der Waals surface area contributed by atoms with Crippen LogP contribution in [0.15, 0.2) is 30.3 Å². The first-order chi connectivity index (χ1) is 9.48. The number of carbonyl (C=O) groups excluding carboxylic acids is 1. The Morgan fingerprint density at radius 3 is 2.90 bits per heavy atom. The summed E-state index contributed by atoms with van der Waals surface area (Å²) >= 11 is 0. The summed E-state index contributed by atoms with van der Waals surface area (Å²) in [5.74, 6) is 0.618. The summed E-state index contributed by atoms with van der Waals surface area (Å²) in [7, 11) is -1.39. The van der Waals surface area contributed by atoms with Crippen LogP contribution in [0.25, 0.3) is 6.08 Å². The standard InChI is InChI=1S/C14H17NO4S/c1-19-13-4-2-3-11(9-13)5-6-14(16)15-12-7-8-20(17,18)10-12/h2-6,9,12H,7-8,10H2,1H3,(H,15,16)/b6-5+/t12-/m1/s1. The Morgan fingerprint density at radius 1 is 1.45 bits per heavy atom. The number of benzene rings is 1. The largest absolute Gasteiger partial charge is 0.497 e. The molecule has 108 valence electrons. The number of amides is 1. The number of sulfone groups is 1. The Hall–Kier alpha value is -1.82. The smallest absolute Gasteiger partial charge is 0.244 e. The molecule has 0 unspecified atom stereocenters. The van der Waals surface area contributed by atoms with Crippen LogP contribution in [-0.2, 0) is 14.6 Å². The van der Waals surface area contributed by atoms with Crippen molar-refractivity contribution in [3.05, 3.63) is 35.9 Å². The van der Waals surface area contributed by atoms with E-state index in [1.807, 2.05) is 24.3 Å². The molecule has 0 saturated carbocycles. The quantitative estimate of drug-likeness (QED) is 0.842. The molecule has 0 aromatic heterocycles. The zero-order chi connectivity index (χ0) is 14.6. The molecule has 5 nitrogen and oxygen atoms in total. The maximum absolute atomic E-state index is 11.7. The lowest BCUT2D eigenvalue weighted by Crippen LogP contribution is -2.34. The van der Waals surface area contributed by atoms with E-state index in [-0.39, 0.29) is 23.5 Å². The first kappa shape index (κ1) is 14.6. The van der Waals surface area contributed by atoms with Crippen molar-refractivity contribution in [2.45, 2.75) is 12.5 Å². The van der Waals surface area contributed by atoms with Gasteiger partial charge in [0.25, 0.3) is 0 Å². The van der Waals surface area contributed by atoms with Gasteiger partial charge in [0.05, 0.1) is 18.6 Å². The Balaban J connectivity index is 1.92. The van der Waals surface area contributed by atoms with E-state index in [2.05, 4.69) is 5.32 Å². The van der Waals surface area contributed by atoms with Gasteiger partial charge in [0, 0.05) is 12.1 Å². The molecule has 1 amide bonds. The average Bonchev–Trinajstić information content (AvgIpc) is 2.76. The van der Waals surface area contributed by atoms with E-state index in [0.29, 0.717) is 6.42 Å². The Labute approximate surface area is 118 Å². The van der Waals surface area contributed by atoms with E-state index >= 15 is 0 Å². The van der Waals surface area contributed by atoms with Gasteiger partial charge in [0.1, 0.15) is 5.75 Å². The van der Waals surface area contributed by atoms with Gasteiger partial charge in [0.15, 0.2) is 9.84 Å². The second-order valence-electron chi connectivity index (χ2n) is 4.72. The molecule has 1 fully saturated rings. The van der Waals surface area contributed by atoms with Crippen molar-refractivity contribution in [3.8, 4) is 5.75 Å². The SMILES string of the molecule is COc1cccc(/C=C/C(=O)N[C@@H]2CCS(=O)(=O)C2)c1. The van der Waals surface area contributed by atoms with Crippen molar-refractivity contribution < 1.29 is 17.9 Å². The van der Waals surface area contributed by atoms with Gasteiger partial charge in [-0.1, -0.05) is 12.1 Å². The second kappa shape index (κ2) is 6.09. The zero-order valence-electron chi connectivity index (χ0n) is 11.2. The van der Waals surface area contributed by atoms with Gasteiger partial charge in [-0.05, 0) is 30.2 Å². The predicted octanol–water partition coefficient (Wildman–Crippen LogP) is 1.01. The number of hydrogen-bond acceptors (Lipinski definition) is 4. The van der Waals surface area contributed by atoms with Crippen LogP contribution in [0.3, 0.4) is 0 Å². The van der Waals surface area contributed by atoms with Crippen LogP contribution >= 0.6 is 0 Å². The fourth-order valence-electron chi connectivity index (χ4n) is 2.08. The topological polar surface area (TPSA) is 72.5 Å². The fraction of sp³-hybridized carbons (Fsp3) is 0.357. The van der Waals surface area contributed by atoms with E-state index in [4.69, 9.17) is 4.74 Å². The summed E-state index contributed by atoms with van der Waals surface area (Å²) in [5.41, 5.74) is 0.846. The molecule has 20 heavy (non-hydrogen) atoms. The van der Waals surface area contributed by atoms with Crippen LogP contribution in [0, 0.1) is 0 Å². The van der Waals surface area contributed by atoms with Crippen LogP contribution < -0.4 is 10.1 Å². The van der Waals surface area contributed by atoms with E-state index in [1.54, 1.807) is 13.2 Å². The molecule has 1 saturated heterocycles. The molecule has 1 aliphatic heterocycles. The van der Waals surface area contributed by atoms with Crippen LogP contribution in [0.2, 0.25) is 0 Å². The second-order valence-corrected chi connectivity index (χ2v) is 6.95. The summed E-state index contributed by atoms with van der Waals surface area (Å²) < 4.78 is 27.7. The van der Waals surface area contributed by atoms with Crippen molar-refractivity contribution in [1.82, 2.24) is 5.32 Å². The number of methoxy groups -OCH3 is 1. The molecule has 2 rings (SSSR count). The average molecular weight is 295 g/mol. The number of hydrogen-bond donors (Lipinski definition) is 1. The molecule has 1 N–H and O–H groups in total. The molecule has 1 aromatic rings. The van der Waals surface area contributed by atoms with Crippen molar-refractivity contribution in [1.29, 1.82) is 0 Å². The van der Waals surface area contributed by atoms with Crippen molar-refractivity contribution in [2.24, 2.45) is 0 Å². The lowest BCUT2D eigenvalue weighted by atomic mass is 10.2. The Morgan fingerprint density at radius 2 is 2.25 bits per heavy atom. The molecule has 1 heterocycles. The van der Waals surface area contributed by atoms with Gasteiger partial charge >= 0.3 is 0 Å². The van der Waals surface area contributed by atoms with E-state index in [1.165, 1.54) is 6.08 Å². The summed E-state index contributed by atoms with van der Waals surface area (Å²) in [6.07, 6.45) is 3.56. The molecule has 1 aliphatic rings. The number of ether oxygens (including phenoxy) is 1. The lowest BCUT2D eigenvalue weighted by Gasteiger charge is -2.07. The molecular weight excluding hydrogens is 278 g/mol. The van der Waals surface area contributed by atoms with Gasteiger partial charge in [-0.2, -0.15) is 0 Å². The third-order valence-electron chi connectivity index (χ3n) is 3.10. The number of nitrogens with one attached hydrogen (secondary N) is 1. The first-order valence-electron chi connectivity index (χ1n) is 6.31. The summed E-state index contributed by atoms with van der Waals surface area (Å²) in [6.45, 7) is 0. The number of rotatable bonds is 4. The molecule has 0 aliphatic carbocycles. The fourth-order valence-corrected chi connectivity index (χ4v) is 3.75. The van der Waals surface area contributed by atoms with Gasteiger partial charge < -0.3 is 10.1 Å². The molecular formula is C14H17NO4S. The maximum atomic E-state index is 11.7. The third kappa shape index (κ3) is 4.09. The monoisotopic (exact) mass is 295 g/mol. The van der Waals surface area contributed by atoms with Crippen LogP contribution in [0.5, 0.6) is 5.75 Å². The third-order valence-corrected chi connectivity index (χ3v) is 4.87. The zero-order valence-corrected chi connectivity index (χ0v) is 12.0. The molecule has 0 bridgehead atoms. The van der Waals surface area contributed by atoms with Crippen molar-refractivity contribution in [2.75, 3.05) is 18.6 Å². The highest BCUT2D eigenvalue weighted by atomic mass is 32.2. The minimum Gasteiger partial charge on any atom is -0.497 e. The molecule has 1 aromatic carbocycles. The van der Waals surface area contributed by atoms with E-state index in [9.17, 15) is 13.2 Å². The van der Waals surface area contributed by atoms with E-state index < -0.39 is 9.84 Å². The number of carbonyl (C=O) groups is 1. The van der Waals surface area contributed by atoms with Crippen molar-refractivity contribution in [3.63, 3.8) is 0 Å². The molecule has 6 heteroatoms. The summed E-state index contributed by atoms with van der Waals surface area (Å²) in [6, 6.07) is 7.04. The summed E-state index contributed by atoms with van der Waals surface area (Å²) in [4.78, 5) is 11.7. The molecule has 1 atom stereocenters. The maximum Gasteiger partial charge on any atom is 0.244 e. The summed E-state index contributed by atoms with van der Waals surface area (Å²) in [5, 5.41) is 2.70. The first-order valence-corrected chi connectivity index (χ1v) is 8.14. The van der Waals surface area contributed by atoms with Crippen molar-refractivity contribution >= 4 is 21.8 Å². The highest BCUT2D eigenvalue weighted by molar-refractivity contribution is 7.91. The Bertz CT molecular complexity index is 622. The molecule has 0 radical (unpaired) electrons. The van der Waals surface area contributed by atoms with Crippen LogP contribution in [0.4, 0.5) is 0 Å². The van der Waals surface area contributed by atoms with Gasteiger partial charge in [-0.15, -0.1) is 0 Å². The highest BCUT2D eigenvalue weighted by Crippen LogP contribution is 2.14. The Kier molecular flexibility index (Phi) is 4.44. The van der Waals surface area contributed by atoms with Crippen LogP contribution in [0.1, 0.15) is 12.0 Å². The van der Waals surface area contributed by atoms with Crippen LogP contribution in [-0.4, -0.2) is 39.0 Å². The van der Waals surface area contributed by atoms with E-state index in [0.717, 1.165) is 11.3 Å². The molecule has 0 spiro atoms. The van der Waals surface area contributed by atoms with Gasteiger partial charge in [0.2, 0.25) is 5.91 Å². The van der Waals surface area contributed by atoms with Gasteiger partial charge in [-0.25, -0.2) is 8.42 Å². The lowest BCUT2D eigenvalue weighted by molar-refractivity contribution is -0.116.